The van der Waals surface area contributed by atoms with Gasteiger partial charge < -0.3 is 19.5 Å². The van der Waals surface area contributed by atoms with Gasteiger partial charge in [-0.25, -0.2) is 16.8 Å². The van der Waals surface area contributed by atoms with Gasteiger partial charge >= 0.3 is 0 Å². The fourth-order valence-electron chi connectivity index (χ4n) is 4.71. The Hall–Kier alpha value is -3.65. The molecule has 1 amide bonds. The topological polar surface area (TPSA) is 143 Å². The van der Waals surface area contributed by atoms with E-state index in [1.54, 1.807) is 31.2 Å². The lowest BCUT2D eigenvalue weighted by Gasteiger charge is -2.38. The molecule has 1 aliphatic heterocycles. The molecule has 0 unspecified atom stereocenters. The minimum atomic E-state index is -3.94. The Morgan fingerprint density at radius 1 is 1.05 bits per heavy atom. The molecule has 232 valence electrons. The molecule has 43 heavy (non-hydrogen) atoms. The summed E-state index contributed by atoms with van der Waals surface area (Å²) in [4.78, 5) is 15.4. The van der Waals surface area contributed by atoms with E-state index in [0.29, 0.717) is 5.75 Å². The highest BCUT2D eigenvalue weighted by atomic mass is 32.2. The first-order chi connectivity index (χ1) is 20.3. The van der Waals surface area contributed by atoms with Crippen molar-refractivity contribution in [3.8, 4) is 11.5 Å². The molecule has 0 radical (unpaired) electrons. The lowest BCUT2D eigenvalue weighted by atomic mass is 9.99. The number of carbonyl (C=O) groups is 1. The molecule has 1 aliphatic rings. The van der Waals surface area contributed by atoms with Crippen LogP contribution in [0.15, 0.2) is 76.5 Å². The van der Waals surface area contributed by atoms with Crippen molar-refractivity contribution in [2.45, 2.75) is 42.7 Å². The van der Waals surface area contributed by atoms with Crippen molar-refractivity contribution >= 4 is 31.6 Å². The molecule has 3 aromatic rings. The van der Waals surface area contributed by atoms with Gasteiger partial charge in [-0.2, -0.15) is 4.31 Å². The van der Waals surface area contributed by atoms with Crippen LogP contribution in [-0.2, 0) is 20.0 Å². The van der Waals surface area contributed by atoms with Gasteiger partial charge in [0.1, 0.15) is 17.6 Å². The van der Waals surface area contributed by atoms with Crippen molar-refractivity contribution in [1.82, 2.24) is 9.21 Å². The van der Waals surface area contributed by atoms with Crippen molar-refractivity contribution in [2.75, 3.05) is 38.6 Å². The van der Waals surface area contributed by atoms with Gasteiger partial charge in [0.2, 0.25) is 10.0 Å². The van der Waals surface area contributed by atoms with E-state index in [1.165, 1.54) is 65.8 Å². The summed E-state index contributed by atoms with van der Waals surface area (Å²) in [6.07, 6.45) is -0.687. The van der Waals surface area contributed by atoms with E-state index in [2.05, 4.69) is 4.72 Å². The zero-order valence-electron chi connectivity index (χ0n) is 24.7. The molecule has 13 heteroatoms. The van der Waals surface area contributed by atoms with Crippen LogP contribution in [0.4, 0.5) is 5.69 Å². The van der Waals surface area contributed by atoms with Gasteiger partial charge in [-0.15, -0.1) is 0 Å². The molecule has 3 aromatic carbocycles. The normalized spacial score (nSPS) is 18.3. The Bertz CT molecular complexity index is 1660. The Labute approximate surface area is 253 Å². The first-order valence-electron chi connectivity index (χ1n) is 13.7. The molecule has 1 heterocycles. The van der Waals surface area contributed by atoms with Crippen LogP contribution in [0.25, 0.3) is 0 Å². The van der Waals surface area contributed by atoms with E-state index in [4.69, 9.17) is 9.47 Å². The highest BCUT2D eigenvalue weighted by Crippen LogP contribution is 2.32. The third-order valence-corrected chi connectivity index (χ3v) is 10.7. The number of ether oxygens (including phenoxy) is 2. The first-order valence-corrected chi connectivity index (χ1v) is 16.6. The summed E-state index contributed by atoms with van der Waals surface area (Å²) >= 11 is 0. The number of aliphatic hydroxyl groups is 1. The lowest BCUT2D eigenvalue weighted by molar-refractivity contribution is 0.0387. The largest absolute Gasteiger partial charge is 0.497 e. The predicted molar refractivity (Wildman–Crippen MR) is 162 cm³/mol. The number of nitrogens with zero attached hydrogens (tertiary/aromatic N) is 2. The number of sulfonamides is 2. The van der Waals surface area contributed by atoms with E-state index < -0.39 is 38.1 Å². The molecule has 0 saturated carbocycles. The number of rotatable bonds is 10. The van der Waals surface area contributed by atoms with Gasteiger partial charge in [0.25, 0.3) is 15.9 Å². The molecule has 0 bridgehead atoms. The molecule has 0 spiro atoms. The Kier molecular flexibility index (Phi) is 9.70. The van der Waals surface area contributed by atoms with Crippen molar-refractivity contribution in [3.63, 3.8) is 0 Å². The Morgan fingerprint density at radius 2 is 1.67 bits per heavy atom. The number of hydrogen-bond donors (Lipinski definition) is 2. The molecule has 3 atom stereocenters. The average Bonchev–Trinajstić information content (AvgIpc) is 2.98. The number of aliphatic hydroxyl groups excluding tert-OH is 1. The number of anilines is 1. The first kappa shape index (κ1) is 32.3. The van der Waals surface area contributed by atoms with Crippen molar-refractivity contribution in [2.24, 2.45) is 5.92 Å². The standard InChI is InChI=1S/C30H37N3O8S2/c1-20-6-11-25(12-7-20)42(36,37)31-23-8-15-28-27(16-23)30(35)33(22(3)19-34)17-21(2)29(41-28)18-32(4)43(38,39)26-13-9-24(40-5)10-14-26/h6-16,21-22,29,31,34H,17-19H2,1-5H3/t21-,22+,29-/m1/s1. The maximum Gasteiger partial charge on any atom is 0.261 e. The quantitative estimate of drug-likeness (QED) is 0.347. The minimum absolute atomic E-state index is 0.0354. The molecule has 0 aromatic heterocycles. The van der Waals surface area contributed by atoms with Crippen LogP contribution in [-0.4, -0.2) is 83.1 Å². The smallest absolute Gasteiger partial charge is 0.261 e. The number of fused-ring (bicyclic) bond motifs is 1. The lowest BCUT2D eigenvalue weighted by Crippen LogP contribution is -2.50. The molecule has 0 fully saturated rings. The maximum absolute atomic E-state index is 13.7. The molecule has 0 saturated heterocycles. The van der Waals surface area contributed by atoms with Gasteiger partial charge in [0.15, 0.2) is 0 Å². The zero-order chi connectivity index (χ0) is 31.5. The zero-order valence-corrected chi connectivity index (χ0v) is 26.4. The highest BCUT2D eigenvalue weighted by Gasteiger charge is 2.35. The summed E-state index contributed by atoms with van der Waals surface area (Å²) in [6.45, 7) is 5.23. The fourth-order valence-corrected chi connectivity index (χ4v) is 6.95. The summed E-state index contributed by atoms with van der Waals surface area (Å²) in [7, 11) is -4.88. The van der Waals surface area contributed by atoms with Crippen LogP contribution in [0.5, 0.6) is 11.5 Å². The second-order valence-electron chi connectivity index (χ2n) is 10.7. The number of hydrogen-bond acceptors (Lipinski definition) is 8. The number of benzene rings is 3. The van der Waals surface area contributed by atoms with Crippen LogP contribution in [0.3, 0.4) is 0 Å². The van der Waals surface area contributed by atoms with E-state index >= 15 is 0 Å². The summed E-state index contributed by atoms with van der Waals surface area (Å²) in [5.74, 6) is -0.0829. The van der Waals surface area contributed by atoms with Crippen molar-refractivity contribution < 1.29 is 36.2 Å². The third-order valence-electron chi connectivity index (χ3n) is 7.45. The van der Waals surface area contributed by atoms with Crippen LogP contribution in [0, 0.1) is 12.8 Å². The number of amides is 1. The monoisotopic (exact) mass is 631 g/mol. The predicted octanol–water partition coefficient (Wildman–Crippen LogP) is 3.35. The van der Waals surface area contributed by atoms with Crippen LogP contribution in [0.2, 0.25) is 0 Å². The van der Waals surface area contributed by atoms with E-state index in [9.17, 15) is 26.7 Å². The molecule has 0 aliphatic carbocycles. The number of methoxy groups -OCH3 is 1. The number of carbonyl (C=O) groups excluding carboxylic acids is 1. The van der Waals surface area contributed by atoms with E-state index in [1.807, 2.05) is 13.8 Å². The molecule has 11 nitrogen and oxygen atoms in total. The molecular formula is C30H37N3O8S2. The van der Waals surface area contributed by atoms with Crippen LogP contribution >= 0.6 is 0 Å². The van der Waals surface area contributed by atoms with Crippen molar-refractivity contribution in [3.05, 3.63) is 77.9 Å². The van der Waals surface area contributed by atoms with Gasteiger partial charge in [-0.05, 0) is 68.4 Å². The fraction of sp³-hybridized carbons (Fsp3) is 0.367. The highest BCUT2D eigenvalue weighted by molar-refractivity contribution is 7.92. The summed E-state index contributed by atoms with van der Waals surface area (Å²) in [5.41, 5.74) is 1.14. The number of likely N-dealkylation sites (N-methyl/N-ethyl adjacent to an activating group) is 1. The molecule has 2 N–H and O–H groups in total. The SMILES string of the molecule is COc1ccc(S(=O)(=O)N(C)C[C@H]2Oc3ccc(NS(=O)(=O)c4ccc(C)cc4)cc3C(=O)N([C@@H](C)CO)C[C@H]2C)cc1. The van der Waals surface area contributed by atoms with E-state index in [-0.39, 0.29) is 52.4 Å². The summed E-state index contributed by atoms with van der Waals surface area (Å²) in [6, 6.07) is 16.2. The van der Waals surface area contributed by atoms with Gasteiger partial charge in [-0.3, -0.25) is 9.52 Å². The molecule has 4 rings (SSSR count). The minimum Gasteiger partial charge on any atom is -0.497 e. The number of aryl methyl sites for hydroxylation is 1. The second-order valence-corrected chi connectivity index (χ2v) is 14.4. The second kappa shape index (κ2) is 12.9. The van der Waals surface area contributed by atoms with Gasteiger partial charge in [0, 0.05) is 25.2 Å². The van der Waals surface area contributed by atoms with Gasteiger partial charge in [-0.1, -0.05) is 24.6 Å². The average molecular weight is 632 g/mol. The van der Waals surface area contributed by atoms with Crippen LogP contribution < -0.4 is 14.2 Å². The summed E-state index contributed by atoms with van der Waals surface area (Å²) < 4.78 is 67.9. The van der Waals surface area contributed by atoms with Gasteiger partial charge in [0.05, 0.1) is 41.7 Å². The third kappa shape index (κ3) is 7.12. The van der Waals surface area contributed by atoms with Crippen LogP contribution in [0.1, 0.15) is 29.8 Å². The number of nitrogens with one attached hydrogen (secondary N) is 1. The summed E-state index contributed by atoms with van der Waals surface area (Å²) in [5, 5.41) is 9.92. The van der Waals surface area contributed by atoms with Crippen molar-refractivity contribution in [1.29, 1.82) is 0 Å². The maximum atomic E-state index is 13.7. The molecular weight excluding hydrogens is 594 g/mol. The Balaban J connectivity index is 1.67. The van der Waals surface area contributed by atoms with E-state index in [0.717, 1.165) is 5.56 Å². The Morgan fingerprint density at radius 3 is 2.28 bits per heavy atom.